The Morgan fingerprint density at radius 1 is 1.38 bits per heavy atom. The number of aromatic amines is 1. The topological polar surface area (TPSA) is 162 Å². The van der Waals surface area contributed by atoms with Gasteiger partial charge in [0.15, 0.2) is 16.6 Å². The molecule has 39 heavy (non-hydrogen) atoms. The van der Waals surface area contributed by atoms with Crippen molar-refractivity contribution in [3.05, 3.63) is 45.9 Å². The summed E-state index contributed by atoms with van der Waals surface area (Å²) >= 11 is 6.17. The molecule has 1 amide bonds. The number of hydrogen-bond donors (Lipinski definition) is 2. The first-order valence-electron chi connectivity index (χ1n) is 11.7. The summed E-state index contributed by atoms with van der Waals surface area (Å²) in [4.78, 5) is 25.7. The van der Waals surface area contributed by atoms with Gasteiger partial charge in [-0.3, -0.25) is 23.8 Å². The lowest BCUT2D eigenvalue weighted by Crippen LogP contribution is -2.44. The van der Waals surface area contributed by atoms with Crippen molar-refractivity contribution in [1.82, 2.24) is 19.9 Å². The van der Waals surface area contributed by atoms with E-state index in [-0.39, 0.29) is 52.4 Å². The third kappa shape index (κ3) is 6.16. The molecule has 3 aromatic rings. The zero-order chi connectivity index (χ0) is 28.5. The summed E-state index contributed by atoms with van der Waals surface area (Å²) in [5.41, 5.74) is -1.91. The number of carbonyl (C=O) groups excluding carboxylic acids is 1. The molecule has 0 aliphatic carbocycles. The number of hydrogen-bond acceptors (Lipinski definition) is 9. The van der Waals surface area contributed by atoms with Crippen molar-refractivity contribution in [1.29, 1.82) is 0 Å². The number of aromatic nitrogens is 4. The summed E-state index contributed by atoms with van der Waals surface area (Å²) in [6.07, 6.45) is -2.99. The molecule has 1 aromatic carbocycles. The predicted molar refractivity (Wildman–Crippen MR) is 134 cm³/mol. The minimum atomic E-state index is -4.29. The van der Waals surface area contributed by atoms with Crippen molar-refractivity contribution in [2.24, 2.45) is 0 Å². The molecule has 1 atom stereocenters. The Labute approximate surface area is 226 Å². The molecule has 0 spiro atoms. The molecule has 13 nitrogen and oxygen atoms in total. The van der Waals surface area contributed by atoms with Crippen molar-refractivity contribution >= 4 is 39.1 Å². The number of nitrogens with one attached hydrogen (secondary N) is 2. The van der Waals surface area contributed by atoms with Crippen LogP contribution in [0.3, 0.4) is 0 Å². The monoisotopic (exact) mass is 590 g/mol. The van der Waals surface area contributed by atoms with Gasteiger partial charge >= 0.3 is 11.8 Å². The SMILES string of the molecule is CCn1cc(S(=O)(=O)N2CC(CCc3noc(=O)[nH]3)Oc3ccc(NC(=O)OC(C)(C)C(F)F)cc32)c(Cl)n1. The van der Waals surface area contributed by atoms with E-state index >= 15 is 0 Å². The first kappa shape index (κ1) is 28.4. The van der Waals surface area contributed by atoms with Crippen molar-refractivity contribution in [3.63, 3.8) is 0 Å². The number of amides is 1. The maximum Gasteiger partial charge on any atom is 0.438 e. The molecule has 1 aliphatic rings. The van der Waals surface area contributed by atoms with Crippen molar-refractivity contribution in [2.75, 3.05) is 16.2 Å². The zero-order valence-electron chi connectivity index (χ0n) is 21.0. The Kier molecular flexibility index (Phi) is 7.88. The van der Waals surface area contributed by atoms with Crippen LogP contribution in [0.1, 0.15) is 33.0 Å². The van der Waals surface area contributed by atoms with Crippen LogP contribution in [0.5, 0.6) is 5.75 Å². The molecule has 4 rings (SSSR count). The first-order valence-corrected chi connectivity index (χ1v) is 13.5. The Hall–Kier alpha value is -3.66. The second-order valence-electron chi connectivity index (χ2n) is 9.10. The smallest absolute Gasteiger partial charge is 0.438 e. The van der Waals surface area contributed by atoms with Crippen LogP contribution in [0.15, 0.2) is 38.6 Å². The van der Waals surface area contributed by atoms with Gasteiger partial charge in [0, 0.05) is 24.8 Å². The lowest BCUT2D eigenvalue weighted by molar-refractivity contribution is -0.0730. The van der Waals surface area contributed by atoms with Crippen LogP contribution in [0.25, 0.3) is 0 Å². The highest BCUT2D eigenvalue weighted by atomic mass is 35.5. The molecule has 0 radical (unpaired) electrons. The van der Waals surface area contributed by atoms with E-state index in [0.717, 1.165) is 18.2 Å². The number of carbonyl (C=O) groups is 1. The van der Waals surface area contributed by atoms with Crippen LogP contribution < -0.4 is 20.1 Å². The Balaban J connectivity index is 1.66. The zero-order valence-corrected chi connectivity index (χ0v) is 22.6. The normalized spacial score (nSPS) is 15.7. The van der Waals surface area contributed by atoms with Gasteiger partial charge in [0.05, 0.1) is 12.2 Å². The Morgan fingerprint density at radius 3 is 2.74 bits per heavy atom. The van der Waals surface area contributed by atoms with Crippen LogP contribution in [0.4, 0.5) is 25.0 Å². The van der Waals surface area contributed by atoms with Crippen LogP contribution in [0, 0.1) is 0 Å². The quantitative estimate of drug-likeness (QED) is 0.380. The molecule has 3 heterocycles. The Bertz CT molecular complexity index is 1520. The van der Waals surface area contributed by atoms with E-state index < -0.39 is 40.0 Å². The molecule has 0 saturated heterocycles. The number of H-pyrrole nitrogens is 1. The van der Waals surface area contributed by atoms with E-state index in [1.165, 1.54) is 29.1 Å². The van der Waals surface area contributed by atoms with E-state index in [9.17, 15) is 26.8 Å². The van der Waals surface area contributed by atoms with Gasteiger partial charge in [-0.05, 0) is 45.4 Å². The van der Waals surface area contributed by atoms with Crippen LogP contribution in [0.2, 0.25) is 5.15 Å². The second-order valence-corrected chi connectivity index (χ2v) is 11.3. The van der Waals surface area contributed by atoms with Crippen molar-refractivity contribution in [3.8, 4) is 5.75 Å². The molecule has 212 valence electrons. The first-order chi connectivity index (χ1) is 18.3. The number of fused-ring (bicyclic) bond motifs is 1. The van der Waals surface area contributed by atoms with Gasteiger partial charge in [0.2, 0.25) is 0 Å². The van der Waals surface area contributed by atoms with E-state index in [2.05, 4.69) is 25.1 Å². The van der Waals surface area contributed by atoms with Crippen LogP contribution >= 0.6 is 11.6 Å². The molecular weight excluding hydrogens is 566 g/mol. The highest BCUT2D eigenvalue weighted by Crippen LogP contribution is 2.40. The van der Waals surface area contributed by atoms with E-state index in [4.69, 9.17) is 21.1 Å². The number of anilines is 2. The minimum absolute atomic E-state index is 0.0623. The third-order valence-corrected chi connectivity index (χ3v) is 7.96. The molecular formula is C22H25ClF2N6O7S. The molecule has 0 saturated carbocycles. The van der Waals surface area contributed by atoms with E-state index in [1.54, 1.807) is 6.92 Å². The molecule has 2 aromatic heterocycles. The summed E-state index contributed by atoms with van der Waals surface area (Å²) < 4.78 is 71.5. The molecule has 1 aliphatic heterocycles. The number of rotatable bonds is 9. The number of benzene rings is 1. The minimum Gasteiger partial charge on any atom is -0.486 e. The fourth-order valence-corrected chi connectivity index (χ4v) is 5.64. The van der Waals surface area contributed by atoms with Crippen LogP contribution in [-0.2, 0) is 27.7 Å². The van der Waals surface area contributed by atoms with Crippen LogP contribution in [-0.4, -0.2) is 59.1 Å². The summed E-state index contributed by atoms with van der Waals surface area (Å²) in [7, 11) is -4.29. The van der Waals surface area contributed by atoms with Crippen molar-refractivity contribution in [2.45, 2.75) is 63.2 Å². The highest BCUT2D eigenvalue weighted by Gasteiger charge is 2.38. The van der Waals surface area contributed by atoms with Gasteiger partial charge in [0.25, 0.3) is 16.4 Å². The lowest BCUT2D eigenvalue weighted by Gasteiger charge is -2.35. The van der Waals surface area contributed by atoms with Crippen molar-refractivity contribution < 1.29 is 36.0 Å². The fraction of sp³-hybridized carbons (Fsp3) is 0.455. The number of alkyl halides is 2. The summed E-state index contributed by atoms with van der Waals surface area (Å²) in [6, 6.07) is 4.14. The van der Waals surface area contributed by atoms with Gasteiger partial charge in [-0.25, -0.2) is 26.8 Å². The van der Waals surface area contributed by atoms with E-state index in [1.807, 2.05) is 0 Å². The largest absolute Gasteiger partial charge is 0.486 e. The predicted octanol–water partition coefficient (Wildman–Crippen LogP) is 3.41. The van der Waals surface area contributed by atoms with Gasteiger partial charge in [0.1, 0.15) is 16.7 Å². The summed E-state index contributed by atoms with van der Waals surface area (Å²) in [6.45, 7) is 4.08. The summed E-state index contributed by atoms with van der Waals surface area (Å²) in [5.74, 6) is -0.294. The highest BCUT2D eigenvalue weighted by molar-refractivity contribution is 7.93. The molecule has 17 heteroatoms. The molecule has 0 fully saturated rings. The lowest BCUT2D eigenvalue weighted by atomic mass is 10.1. The number of nitrogens with zero attached hydrogens (tertiary/aromatic N) is 4. The average molecular weight is 591 g/mol. The molecule has 2 N–H and O–H groups in total. The van der Waals surface area contributed by atoms with Gasteiger partial charge in [-0.1, -0.05) is 16.8 Å². The van der Waals surface area contributed by atoms with Gasteiger partial charge in [-0.15, -0.1) is 0 Å². The average Bonchev–Trinajstić information content (AvgIpc) is 3.46. The number of ether oxygens (including phenoxy) is 2. The van der Waals surface area contributed by atoms with Gasteiger partial charge in [-0.2, -0.15) is 5.10 Å². The molecule has 1 unspecified atom stereocenters. The second kappa shape index (κ2) is 10.8. The number of halogens is 3. The summed E-state index contributed by atoms with van der Waals surface area (Å²) in [5, 5.41) is 9.71. The fourth-order valence-electron chi connectivity index (χ4n) is 3.69. The number of sulfonamides is 1. The maximum atomic E-state index is 13.8. The molecule has 0 bridgehead atoms. The van der Waals surface area contributed by atoms with E-state index in [0.29, 0.717) is 6.54 Å². The third-order valence-electron chi connectivity index (χ3n) is 5.78. The standard InChI is InChI=1S/C22H25ClF2N6O7S/c1-4-30-11-16(18(23)28-30)39(34,35)31-10-13(6-8-17-27-21(33)38-29-17)36-15-7-5-12(9-14(15)31)26-20(32)37-22(2,3)19(24)25/h5,7,9,11,13,19H,4,6,8,10H2,1-3H3,(H,26,32)(H,27,29,33). The van der Waals surface area contributed by atoms with Gasteiger partial charge < -0.3 is 9.47 Å². The maximum absolute atomic E-state index is 13.8. The Morgan fingerprint density at radius 2 is 2.13 bits per heavy atom. The number of aryl methyl sites for hydroxylation is 2.